The Morgan fingerprint density at radius 3 is 2.71 bits per heavy atom. The summed E-state index contributed by atoms with van der Waals surface area (Å²) in [7, 11) is 1.70. The van der Waals surface area contributed by atoms with Crippen molar-refractivity contribution in [2.75, 3.05) is 26.9 Å². The highest BCUT2D eigenvalue weighted by Gasteiger charge is 2.41. The second-order valence-corrected chi connectivity index (χ2v) is 4.80. The van der Waals surface area contributed by atoms with Crippen LogP contribution < -0.4 is 4.74 Å². The van der Waals surface area contributed by atoms with Crippen LogP contribution in [0.3, 0.4) is 0 Å². The molecule has 1 aromatic rings. The van der Waals surface area contributed by atoms with Crippen LogP contribution in [0.1, 0.15) is 24.0 Å². The molecule has 0 aromatic heterocycles. The second-order valence-electron chi connectivity index (χ2n) is 4.80. The van der Waals surface area contributed by atoms with Crippen LogP contribution in [-0.2, 0) is 10.2 Å². The van der Waals surface area contributed by atoms with Crippen LogP contribution >= 0.6 is 0 Å². The molecule has 0 aliphatic carbocycles. The number of hydrogen-bond donors (Lipinski definition) is 1. The Kier molecular flexibility index (Phi) is 3.69. The number of ether oxygens (including phenoxy) is 2. The SMILES string of the molecule is COc1ccc(C)cc1C1(CCCO)COC1. The summed E-state index contributed by atoms with van der Waals surface area (Å²) in [5.74, 6) is 0.928. The predicted octanol–water partition coefficient (Wildman–Crippen LogP) is 2.04. The summed E-state index contributed by atoms with van der Waals surface area (Å²) in [6.45, 7) is 3.78. The van der Waals surface area contributed by atoms with Crippen LogP contribution in [0.15, 0.2) is 18.2 Å². The predicted molar refractivity (Wildman–Crippen MR) is 66.5 cm³/mol. The van der Waals surface area contributed by atoms with Gasteiger partial charge in [0.2, 0.25) is 0 Å². The van der Waals surface area contributed by atoms with E-state index in [0.29, 0.717) is 0 Å². The molecule has 0 amide bonds. The van der Waals surface area contributed by atoms with E-state index in [1.165, 1.54) is 11.1 Å². The van der Waals surface area contributed by atoms with Crippen molar-refractivity contribution < 1.29 is 14.6 Å². The van der Waals surface area contributed by atoms with E-state index < -0.39 is 0 Å². The quantitative estimate of drug-likeness (QED) is 0.850. The van der Waals surface area contributed by atoms with Crippen LogP contribution in [0.2, 0.25) is 0 Å². The third-order valence-electron chi connectivity index (χ3n) is 3.50. The van der Waals surface area contributed by atoms with Gasteiger partial charge in [0.25, 0.3) is 0 Å². The van der Waals surface area contributed by atoms with Gasteiger partial charge in [-0.3, -0.25) is 0 Å². The molecule has 1 heterocycles. The molecule has 17 heavy (non-hydrogen) atoms. The number of hydrogen-bond acceptors (Lipinski definition) is 3. The second kappa shape index (κ2) is 5.07. The first-order valence-corrected chi connectivity index (χ1v) is 6.05. The number of aliphatic hydroxyl groups excluding tert-OH is 1. The van der Waals surface area contributed by atoms with Crippen LogP contribution in [0.5, 0.6) is 5.75 Å². The monoisotopic (exact) mass is 236 g/mol. The molecule has 1 aromatic carbocycles. The van der Waals surface area contributed by atoms with Crippen LogP contribution in [0.4, 0.5) is 0 Å². The fourth-order valence-electron chi connectivity index (χ4n) is 2.44. The number of rotatable bonds is 5. The number of methoxy groups -OCH3 is 1. The highest BCUT2D eigenvalue weighted by Crippen LogP contribution is 2.41. The molecule has 0 saturated carbocycles. The van der Waals surface area contributed by atoms with E-state index in [4.69, 9.17) is 14.6 Å². The van der Waals surface area contributed by atoms with E-state index >= 15 is 0 Å². The smallest absolute Gasteiger partial charge is 0.122 e. The maximum absolute atomic E-state index is 9.01. The Labute approximate surface area is 102 Å². The molecule has 3 heteroatoms. The summed E-state index contributed by atoms with van der Waals surface area (Å²) < 4.78 is 10.8. The molecule has 1 N–H and O–H groups in total. The topological polar surface area (TPSA) is 38.7 Å². The molecule has 1 aliphatic heterocycles. The lowest BCUT2D eigenvalue weighted by Crippen LogP contribution is -2.47. The minimum atomic E-state index is 0.0418. The molecule has 0 unspecified atom stereocenters. The average Bonchev–Trinajstić information content (AvgIpc) is 2.28. The van der Waals surface area contributed by atoms with Gasteiger partial charge in [0, 0.05) is 17.6 Å². The molecule has 0 radical (unpaired) electrons. The van der Waals surface area contributed by atoms with Crippen molar-refractivity contribution in [3.63, 3.8) is 0 Å². The zero-order chi connectivity index (χ0) is 12.3. The van der Waals surface area contributed by atoms with E-state index in [1.54, 1.807) is 7.11 Å². The first-order chi connectivity index (χ1) is 8.22. The molecule has 0 spiro atoms. The number of aryl methyl sites for hydroxylation is 1. The van der Waals surface area contributed by atoms with Gasteiger partial charge in [0.05, 0.1) is 20.3 Å². The number of benzene rings is 1. The normalized spacial score (nSPS) is 17.6. The number of aliphatic hydroxyl groups is 1. The van der Waals surface area contributed by atoms with Crippen molar-refractivity contribution in [2.24, 2.45) is 0 Å². The van der Waals surface area contributed by atoms with E-state index in [0.717, 1.165) is 31.8 Å². The molecular weight excluding hydrogens is 216 g/mol. The largest absolute Gasteiger partial charge is 0.496 e. The summed E-state index contributed by atoms with van der Waals surface area (Å²) in [5.41, 5.74) is 2.50. The van der Waals surface area contributed by atoms with Crippen LogP contribution in [-0.4, -0.2) is 32.0 Å². The fraction of sp³-hybridized carbons (Fsp3) is 0.571. The highest BCUT2D eigenvalue weighted by molar-refractivity contribution is 5.43. The summed E-state index contributed by atoms with van der Waals surface area (Å²) in [6.07, 6.45) is 1.75. The van der Waals surface area contributed by atoms with Gasteiger partial charge in [-0.05, 0) is 25.8 Å². The first-order valence-electron chi connectivity index (χ1n) is 6.05. The average molecular weight is 236 g/mol. The Hall–Kier alpha value is -1.06. The molecule has 3 nitrogen and oxygen atoms in total. The van der Waals surface area contributed by atoms with E-state index in [9.17, 15) is 0 Å². The van der Waals surface area contributed by atoms with Gasteiger partial charge in [-0.25, -0.2) is 0 Å². The van der Waals surface area contributed by atoms with Crippen molar-refractivity contribution >= 4 is 0 Å². The van der Waals surface area contributed by atoms with Gasteiger partial charge < -0.3 is 14.6 Å². The Morgan fingerprint density at radius 1 is 1.41 bits per heavy atom. The fourth-order valence-corrected chi connectivity index (χ4v) is 2.44. The van der Waals surface area contributed by atoms with Crippen molar-refractivity contribution in [1.29, 1.82) is 0 Å². The maximum Gasteiger partial charge on any atom is 0.122 e. The summed E-state index contributed by atoms with van der Waals surface area (Å²) >= 11 is 0. The molecule has 1 fully saturated rings. The minimum Gasteiger partial charge on any atom is -0.496 e. The Morgan fingerprint density at radius 2 is 2.18 bits per heavy atom. The molecule has 2 rings (SSSR count). The van der Waals surface area contributed by atoms with E-state index in [2.05, 4.69) is 19.1 Å². The molecule has 1 aliphatic rings. The van der Waals surface area contributed by atoms with Crippen molar-refractivity contribution in [1.82, 2.24) is 0 Å². The summed E-state index contributed by atoms with van der Waals surface area (Å²) in [6, 6.07) is 6.25. The minimum absolute atomic E-state index is 0.0418. The third-order valence-corrected chi connectivity index (χ3v) is 3.50. The van der Waals surface area contributed by atoms with Crippen LogP contribution in [0.25, 0.3) is 0 Å². The summed E-state index contributed by atoms with van der Waals surface area (Å²) in [4.78, 5) is 0. The van der Waals surface area contributed by atoms with E-state index in [1.807, 2.05) is 6.07 Å². The molecular formula is C14H20O3. The van der Waals surface area contributed by atoms with Gasteiger partial charge in [-0.15, -0.1) is 0 Å². The molecule has 0 bridgehead atoms. The molecule has 0 atom stereocenters. The van der Waals surface area contributed by atoms with Gasteiger partial charge in [-0.2, -0.15) is 0 Å². The van der Waals surface area contributed by atoms with Crippen molar-refractivity contribution in [3.05, 3.63) is 29.3 Å². The summed E-state index contributed by atoms with van der Waals surface area (Å²) in [5, 5.41) is 9.01. The standard InChI is InChI=1S/C14H20O3/c1-11-4-5-13(16-2)12(8-11)14(6-3-7-15)9-17-10-14/h4-5,8,15H,3,6-7,9-10H2,1-2H3. The van der Waals surface area contributed by atoms with Crippen molar-refractivity contribution in [2.45, 2.75) is 25.2 Å². The van der Waals surface area contributed by atoms with Gasteiger partial charge in [0.1, 0.15) is 5.75 Å². The Balaban J connectivity index is 2.32. The Bertz CT molecular complexity index is 383. The lowest BCUT2D eigenvalue weighted by molar-refractivity contribution is -0.0674. The zero-order valence-corrected chi connectivity index (χ0v) is 10.5. The zero-order valence-electron chi connectivity index (χ0n) is 10.5. The molecule has 1 saturated heterocycles. The van der Waals surface area contributed by atoms with Gasteiger partial charge in [0.15, 0.2) is 0 Å². The lowest BCUT2D eigenvalue weighted by Gasteiger charge is -2.42. The maximum atomic E-state index is 9.01. The first kappa shape index (κ1) is 12.4. The van der Waals surface area contributed by atoms with Crippen molar-refractivity contribution in [3.8, 4) is 5.75 Å². The van der Waals surface area contributed by atoms with Gasteiger partial charge >= 0.3 is 0 Å². The molecule has 94 valence electrons. The third kappa shape index (κ3) is 2.31. The lowest BCUT2D eigenvalue weighted by atomic mass is 9.74. The van der Waals surface area contributed by atoms with E-state index in [-0.39, 0.29) is 12.0 Å². The van der Waals surface area contributed by atoms with Gasteiger partial charge in [-0.1, -0.05) is 17.7 Å². The van der Waals surface area contributed by atoms with Crippen LogP contribution in [0, 0.1) is 6.92 Å². The highest BCUT2D eigenvalue weighted by atomic mass is 16.5.